The van der Waals surface area contributed by atoms with Crippen molar-refractivity contribution in [3.63, 3.8) is 0 Å². The van der Waals surface area contributed by atoms with Crippen LogP contribution in [-0.4, -0.2) is 0 Å². The highest BCUT2D eigenvalue weighted by molar-refractivity contribution is 4.78. The molecule has 0 saturated carbocycles. The number of hydrogen-bond acceptors (Lipinski definition) is 1. The van der Waals surface area contributed by atoms with Gasteiger partial charge in [0.25, 0.3) is 0 Å². The van der Waals surface area contributed by atoms with Crippen molar-refractivity contribution in [2.75, 3.05) is 0 Å². The Morgan fingerprint density at radius 3 is 3.00 bits per heavy atom. The smallest absolute Gasteiger partial charge is 0.00474 e. The Morgan fingerprint density at radius 1 is 1.75 bits per heavy atom. The van der Waals surface area contributed by atoms with Crippen molar-refractivity contribution in [2.45, 2.75) is 19.8 Å². The summed E-state index contributed by atoms with van der Waals surface area (Å²) in [5, 5.41) is 3.21. The fourth-order valence-corrected chi connectivity index (χ4v) is 0.318. The topological polar surface area (TPSA) is 48.8 Å². The monoisotopic (exact) mass is 111 g/mol. The maximum absolute atomic E-state index is 7.77. The fourth-order valence-electron chi connectivity index (χ4n) is 0.318. The van der Waals surface area contributed by atoms with Gasteiger partial charge in [-0.1, -0.05) is 24.5 Å². The molecular weight excluding hydrogens is 102 g/mol. The highest BCUT2D eigenvalue weighted by Crippen LogP contribution is 1.87. The van der Waals surface area contributed by atoms with Crippen molar-refractivity contribution in [3.8, 4) is 0 Å². The minimum absolute atomic E-state index is 0.985. The second-order valence-electron chi connectivity index (χ2n) is 1.38. The predicted molar refractivity (Wildman–Crippen MR) is 33.2 cm³/mol. The van der Waals surface area contributed by atoms with E-state index in [0.29, 0.717) is 0 Å². The van der Waals surface area contributed by atoms with Crippen LogP contribution < -0.4 is 0 Å². The zero-order valence-corrected chi connectivity index (χ0v) is 4.91. The lowest BCUT2D eigenvalue weighted by molar-refractivity contribution is 0.955. The molecule has 0 aliphatic rings. The molecule has 0 spiro atoms. The molecule has 0 rings (SSSR count). The van der Waals surface area contributed by atoms with Crippen molar-refractivity contribution in [1.29, 1.82) is 0 Å². The lowest BCUT2D eigenvalue weighted by Crippen LogP contribution is -1.56. The van der Waals surface area contributed by atoms with Gasteiger partial charge in [-0.05, 0) is 18.2 Å². The van der Waals surface area contributed by atoms with E-state index in [1.807, 2.05) is 6.08 Å². The number of nitrogens with zero attached hydrogens (tertiary/aromatic N) is 3. The Hall–Kier alpha value is -0.950. The van der Waals surface area contributed by atoms with Crippen LogP contribution in [0, 0.1) is 0 Å². The zero-order valence-electron chi connectivity index (χ0n) is 4.91. The first-order valence-electron chi connectivity index (χ1n) is 2.61. The summed E-state index contributed by atoms with van der Waals surface area (Å²) in [5.74, 6) is 0. The maximum atomic E-state index is 7.77. The molecule has 0 unspecified atom stereocenters. The molecule has 0 aromatic rings. The molecule has 0 aromatic heterocycles. The Morgan fingerprint density at radius 2 is 2.50 bits per heavy atom. The molecule has 44 valence electrons. The molecule has 0 radical (unpaired) electrons. The standard InChI is InChI=1S/C5H9N3/c1-2-3-4-5-7-8-6/h4-5H,2-3H2,1H3/b5-4+. The second kappa shape index (κ2) is 6.05. The van der Waals surface area contributed by atoms with Gasteiger partial charge < -0.3 is 0 Å². The lowest BCUT2D eigenvalue weighted by atomic mass is 10.3. The second-order valence-corrected chi connectivity index (χ2v) is 1.38. The normalized spacial score (nSPS) is 9.12. The number of rotatable bonds is 3. The van der Waals surface area contributed by atoms with E-state index in [2.05, 4.69) is 16.9 Å². The van der Waals surface area contributed by atoms with E-state index in [1.54, 1.807) is 0 Å². The summed E-state index contributed by atoms with van der Waals surface area (Å²) in [6.07, 6.45) is 5.40. The third-order valence-electron chi connectivity index (χ3n) is 0.679. The minimum atomic E-state index is 0.985. The van der Waals surface area contributed by atoms with Crippen LogP contribution in [0.25, 0.3) is 10.4 Å². The molecule has 0 atom stereocenters. The number of allylic oxidation sites excluding steroid dienone is 1. The summed E-state index contributed by atoms with van der Waals surface area (Å²) in [7, 11) is 0. The van der Waals surface area contributed by atoms with Crippen molar-refractivity contribution >= 4 is 0 Å². The average molecular weight is 111 g/mol. The van der Waals surface area contributed by atoms with Gasteiger partial charge >= 0.3 is 0 Å². The van der Waals surface area contributed by atoms with Crippen LogP contribution in [0.4, 0.5) is 0 Å². The van der Waals surface area contributed by atoms with Gasteiger partial charge in [-0.25, -0.2) is 0 Å². The van der Waals surface area contributed by atoms with Crippen LogP contribution in [0.2, 0.25) is 0 Å². The van der Waals surface area contributed by atoms with Gasteiger partial charge in [0.1, 0.15) is 0 Å². The maximum Gasteiger partial charge on any atom is 0.00474 e. The summed E-state index contributed by atoms with van der Waals surface area (Å²) in [4.78, 5) is 2.55. The van der Waals surface area contributed by atoms with Gasteiger partial charge in [0.2, 0.25) is 0 Å². The van der Waals surface area contributed by atoms with E-state index < -0.39 is 0 Å². The molecular formula is C5H9N3. The van der Waals surface area contributed by atoms with E-state index in [-0.39, 0.29) is 0 Å². The van der Waals surface area contributed by atoms with Gasteiger partial charge in [-0.2, -0.15) is 0 Å². The van der Waals surface area contributed by atoms with Gasteiger partial charge in [0, 0.05) is 4.91 Å². The van der Waals surface area contributed by atoms with Gasteiger partial charge in [0.05, 0.1) is 0 Å². The molecule has 0 fully saturated rings. The number of azide groups is 1. The van der Waals surface area contributed by atoms with Crippen LogP contribution >= 0.6 is 0 Å². The van der Waals surface area contributed by atoms with Crippen LogP contribution in [0.1, 0.15) is 19.8 Å². The van der Waals surface area contributed by atoms with Gasteiger partial charge in [-0.3, -0.25) is 0 Å². The predicted octanol–water partition coefficient (Wildman–Crippen LogP) is 2.61. The van der Waals surface area contributed by atoms with E-state index in [1.165, 1.54) is 6.20 Å². The van der Waals surface area contributed by atoms with Crippen LogP contribution in [0.5, 0.6) is 0 Å². The van der Waals surface area contributed by atoms with Crippen LogP contribution in [-0.2, 0) is 0 Å². The molecule has 8 heavy (non-hydrogen) atoms. The van der Waals surface area contributed by atoms with Crippen LogP contribution in [0.15, 0.2) is 17.4 Å². The van der Waals surface area contributed by atoms with Gasteiger partial charge in [-0.15, -0.1) is 0 Å². The molecule has 0 N–H and O–H groups in total. The van der Waals surface area contributed by atoms with E-state index in [4.69, 9.17) is 5.53 Å². The van der Waals surface area contributed by atoms with Crippen molar-refractivity contribution < 1.29 is 0 Å². The minimum Gasteiger partial charge on any atom is -0.0823 e. The van der Waals surface area contributed by atoms with Crippen molar-refractivity contribution in [1.82, 2.24) is 0 Å². The number of hydrogen-bond donors (Lipinski definition) is 0. The van der Waals surface area contributed by atoms with Crippen LogP contribution in [0.3, 0.4) is 0 Å². The molecule has 0 amide bonds. The Labute approximate surface area is 48.6 Å². The zero-order chi connectivity index (χ0) is 6.24. The third-order valence-corrected chi connectivity index (χ3v) is 0.679. The summed E-state index contributed by atoms with van der Waals surface area (Å²) in [5.41, 5.74) is 7.77. The first-order valence-corrected chi connectivity index (χ1v) is 2.61. The van der Waals surface area contributed by atoms with Gasteiger partial charge in [0.15, 0.2) is 0 Å². The summed E-state index contributed by atoms with van der Waals surface area (Å²) >= 11 is 0. The first kappa shape index (κ1) is 7.05. The third kappa shape index (κ3) is 5.05. The SMILES string of the molecule is CCC/C=C/N=[N+]=[N-]. The Balaban J connectivity index is 3.20. The fraction of sp³-hybridized carbons (Fsp3) is 0.600. The molecule has 0 bridgehead atoms. The molecule has 0 heterocycles. The Bertz CT molecular complexity index is 111. The van der Waals surface area contributed by atoms with Crippen molar-refractivity contribution in [2.24, 2.45) is 5.11 Å². The largest absolute Gasteiger partial charge is 0.0823 e. The molecule has 0 aliphatic heterocycles. The van der Waals surface area contributed by atoms with E-state index >= 15 is 0 Å². The summed E-state index contributed by atoms with van der Waals surface area (Å²) < 4.78 is 0. The summed E-state index contributed by atoms with van der Waals surface area (Å²) in [6.45, 7) is 2.07. The first-order chi connectivity index (χ1) is 3.91. The quantitative estimate of drug-likeness (QED) is 0.305. The Kier molecular flexibility index (Phi) is 5.33. The molecule has 0 aromatic carbocycles. The van der Waals surface area contributed by atoms with Crippen molar-refractivity contribution in [3.05, 3.63) is 22.7 Å². The highest BCUT2D eigenvalue weighted by atomic mass is 15.1. The summed E-state index contributed by atoms with van der Waals surface area (Å²) in [6, 6.07) is 0. The molecule has 3 nitrogen and oxygen atoms in total. The molecule has 3 heteroatoms. The average Bonchev–Trinajstić information content (AvgIpc) is 1.81. The highest BCUT2D eigenvalue weighted by Gasteiger charge is 1.67. The molecule has 0 saturated heterocycles. The molecule has 0 aliphatic carbocycles. The number of unbranched alkanes of at least 4 members (excludes halogenated alkanes) is 1. The van der Waals surface area contributed by atoms with E-state index in [0.717, 1.165) is 12.8 Å². The lowest BCUT2D eigenvalue weighted by Gasteiger charge is -1.76. The van der Waals surface area contributed by atoms with E-state index in [9.17, 15) is 0 Å².